The number of nitrogens with one attached hydrogen (secondary N) is 2. The third-order valence-electron chi connectivity index (χ3n) is 4.19. The highest BCUT2D eigenvalue weighted by atomic mass is 16.3. The number of hydrogen-bond donors (Lipinski definition) is 3. The zero-order chi connectivity index (χ0) is 14.8. The zero-order valence-electron chi connectivity index (χ0n) is 12.2. The van der Waals surface area contributed by atoms with Gasteiger partial charge in [0.2, 0.25) is 0 Å². The number of aromatic hydroxyl groups is 1. The summed E-state index contributed by atoms with van der Waals surface area (Å²) in [5, 5.41) is 13.8. The van der Waals surface area contributed by atoms with Crippen LogP contribution in [0.3, 0.4) is 0 Å². The minimum atomic E-state index is 0.0417. The summed E-state index contributed by atoms with van der Waals surface area (Å²) in [4.78, 5) is 17.8. The Labute approximate surface area is 124 Å². The van der Waals surface area contributed by atoms with Crippen molar-refractivity contribution in [1.82, 2.24) is 15.2 Å². The molecule has 112 valence electrons. The number of H-pyrrole nitrogens is 1. The Kier molecular flexibility index (Phi) is 3.84. The number of carbonyl (C=O) groups is 1. The van der Waals surface area contributed by atoms with Gasteiger partial charge < -0.3 is 20.3 Å². The quantitative estimate of drug-likeness (QED) is 0.809. The lowest BCUT2D eigenvalue weighted by atomic mass is 10.0. The molecule has 3 N–H and O–H groups in total. The molecule has 2 aromatic rings. The first kappa shape index (κ1) is 13.9. The predicted molar refractivity (Wildman–Crippen MR) is 82.6 cm³/mol. The molecule has 21 heavy (non-hydrogen) atoms. The molecule has 0 aliphatic carbocycles. The maximum Gasteiger partial charge on any atom is 0.270 e. The van der Waals surface area contributed by atoms with E-state index in [2.05, 4.69) is 10.3 Å². The van der Waals surface area contributed by atoms with Crippen LogP contribution in [0.4, 0.5) is 0 Å². The highest BCUT2D eigenvalue weighted by Gasteiger charge is 2.25. The number of amides is 1. The molecular formula is C16H21N3O2. The van der Waals surface area contributed by atoms with Gasteiger partial charge in [-0.2, -0.15) is 0 Å². The Balaban J connectivity index is 1.86. The van der Waals surface area contributed by atoms with Crippen molar-refractivity contribution >= 4 is 16.8 Å². The molecule has 1 aromatic heterocycles. The maximum atomic E-state index is 12.7. The van der Waals surface area contributed by atoms with E-state index in [1.807, 2.05) is 24.0 Å². The van der Waals surface area contributed by atoms with E-state index in [0.717, 1.165) is 36.8 Å². The average Bonchev–Trinajstić information content (AvgIpc) is 2.92. The smallest absolute Gasteiger partial charge is 0.270 e. The Morgan fingerprint density at radius 3 is 2.81 bits per heavy atom. The normalized spacial score (nSPS) is 16.2. The fourth-order valence-corrected chi connectivity index (χ4v) is 3.07. The molecule has 1 saturated heterocycles. The molecule has 1 amide bonds. The van der Waals surface area contributed by atoms with E-state index in [4.69, 9.17) is 0 Å². The van der Waals surface area contributed by atoms with E-state index in [9.17, 15) is 9.90 Å². The molecule has 0 radical (unpaired) electrons. The molecular weight excluding hydrogens is 266 g/mol. The lowest BCUT2D eigenvalue weighted by Crippen LogP contribution is -2.46. The second-order valence-electron chi connectivity index (χ2n) is 5.53. The van der Waals surface area contributed by atoms with Gasteiger partial charge in [-0.15, -0.1) is 0 Å². The van der Waals surface area contributed by atoms with Crippen molar-refractivity contribution in [1.29, 1.82) is 0 Å². The predicted octanol–water partition coefficient (Wildman–Crippen LogP) is 2.09. The van der Waals surface area contributed by atoms with Crippen LogP contribution in [0.5, 0.6) is 5.75 Å². The van der Waals surface area contributed by atoms with Crippen LogP contribution < -0.4 is 5.32 Å². The standard InChI is InChI=1S/C16H21N3O2/c1-2-19(12-5-7-17-8-6-12)16(21)15-9-11-3-4-13(20)10-14(11)18-15/h3-4,9-10,12,17-18,20H,2,5-8H2,1H3. The molecule has 1 fully saturated rings. The Hall–Kier alpha value is -2.01. The van der Waals surface area contributed by atoms with Crippen LogP contribution >= 0.6 is 0 Å². The number of benzene rings is 1. The van der Waals surface area contributed by atoms with Gasteiger partial charge in [0.1, 0.15) is 11.4 Å². The number of fused-ring (bicyclic) bond motifs is 1. The Bertz CT molecular complexity index is 644. The van der Waals surface area contributed by atoms with Crippen LogP contribution in [0.25, 0.3) is 10.9 Å². The van der Waals surface area contributed by atoms with Crippen LogP contribution in [-0.4, -0.2) is 46.6 Å². The van der Waals surface area contributed by atoms with E-state index in [1.165, 1.54) is 0 Å². The van der Waals surface area contributed by atoms with Crippen LogP contribution in [0.2, 0.25) is 0 Å². The molecule has 0 bridgehead atoms. The largest absolute Gasteiger partial charge is 0.508 e. The molecule has 2 heterocycles. The maximum absolute atomic E-state index is 12.7. The lowest BCUT2D eigenvalue weighted by Gasteiger charge is -2.33. The van der Waals surface area contributed by atoms with Gasteiger partial charge in [-0.05, 0) is 51.1 Å². The summed E-state index contributed by atoms with van der Waals surface area (Å²) in [5.74, 6) is 0.245. The molecule has 1 aliphatic heterocycles. The number of phenols is 1. The van der Waals surface area contributed by atoms with E-state index in [0.29, 0.717) is 18.3 Å². The fraction of sp³-hybridized carbons (Fsp3) is 0.438. The van der Waals surface area contributed by atoms with Crippen LogP contribution in [0.1, 0.15) is 30.3 Å². The highest BCUT2D eigenvalue weighted by molar-refractivity contribution is 5.98. The summed E-state index contributed by atoms with van der Waals surface area (Å²) in [5.41, 5.74) is 1.38. The Morgan fingerprint density at radius 2 is 2.10 bits per heavy atom. The first-order chi connectivity index (χ1) is 10.2. The zero-order valence-corrected chi connectivity index (χ0v) is 12.2. The summed E-state index contributed by atoms with van der Waals surface area (Å²) in [7, 11) is 0. The van der Waals surface area contributed by atoms with Gasteiger partial charge in [0.05, 0.1) is 0 Å². The second-order valence-corrected chi connectivity index (χ2v) is 5.53. The van der Waals surface area contributed by atoms with E-state index in [1.54, 1.807) is 12.1 Å². The van der Waals surface area contributed by atoms with Crippen molar-refractivity contribution in [3.63, 3.8) is 0 Å². The fourth-order valence-electron chi connectivity index (χ4n) is 3.07. The van der Waals surface area contributed by atoms with E-state index in [-0.39, 0.29) is 11.7 Å². The molecule has 0 spiro atoms. The average molecular weight is 287 g/mol. The monoisotopic (exact) mass is 287 g/mol. The SMILES string of the molecule is CCN(C(=O)c1cc2ccc(O)cc2[nH]1)C1CCNCC1. The van der Waals surface area contributed by atoms with Crippen molar-refractivity contribution < 1.29 is 9.90 Å². The second kappa shape index (κ2) is 5.77. The molecule has 3 rings (SSSR count). The number of piperidine rings is 1. The first-order valence-corrected chi connectivity index (χ1v) is 7.52. The molecule has 0 unspecified atom stereocenters. The summed E-state index contributed by atoms with van der Waals surface area (Å²) in [6.07, 6.45) is 2.00. The summed E-state index contributed by atoms with van der Waals surface area (Å²) >= 11 is 0. The van der Waals surface area contributed by atoms with Crippen LogP contribution in [0, 0.1) is 0 Å². The molecule has 1 aliphatic rings. The van der Waals surface area contributed by atoms with Crippen molar-refractivity contribution in [2.24, 2.45) is 0 Å². The number of aromatic amines is 1. The topological polar surface area (TPSA) is 68.4 Å². The van der Waals surface area contributed by atoms with E-state index >= 15 is 0 Å². The summed E-state index contributed by atoms with van der Waals surface area (Å²) in [6.45, 7) is 4.67. The van der Waals surface area contributed by atoms with Gasteiger partial charge in [-0.25, -0.2) is 0 Å². The van der Waals surface area contributed by atoms with Crippen molar-refractivity contribution in [2.75, 3.05) is 19.6 Å². The van der Waals surface area contributed by atoms with Gasteiger partial charge >= 0.3 is 0 Å². The van der Waals surface area contributed by atoms with Crippen LogP contribution in [-0.2, 0) is 0 Å². The minimum Gasteiger partial charge on any atom is -0.508 e. The number of hydrogen-bond acceptors (Lipinski definition) is 3. The number of carbonyl (C=O) groups excluding carboxylic acids is 1. The number of nitrogens with zero attached hydrogens (tertiary/aromatic N) is 1. The molecule has 1 aromatic carbocycles. The third-order valence-corrected chi connectivity index (χ3v) is 4.19. The van der Waals surface area contributed by atoms with Gasteiger partial charge in [-0.1, -0.05) is 0 Å². The van der Waals surface area contributed by atoms with Gasteiger partial charge in [-0.3, -0.25) is 4.79 Å². The van der Waals surface area contributed by atoms with Gasteiger partial charge in [0, 0.05) is 29.6 Å². The lowest BCUT2D eigenvalue weighted by molar-refractivity contribution is 0.0651. The molecule has 0 atom stereocenters. The van der Waals surface area contributed by atoms with Crippen molar-refractivity contribution in [3.05, 3.63) is 30.0 Å². The summed E-state index contributed by atoms with van der Waals surface area (Å²) < 4.78 is 0. The van der Waals surface area contributed by atoms with Crippen molar-refractivity contribution in [3.8, 4) is 5.75 Å². The minimum absolute atomic E-state index is 0.0417. The van der Waals surface area contributed by atoms with Crippen molar-refractivity contribution in [2.45, 2.75) is 25.8 Å². The first-order valence-electron chi connectivity index (χ1n) is 7.52. The highest BCUT2D eigenvalue weighted by Crippen LogP contribution is 2.22. The van der Waals surface area contributed by atoms with E-state index < -0.39 is 0 Å². The van der Waals surface area contributed by atoms with Gasteiger partial charge in [0.25, 0.3) is 5.91 Å². The number of phenolic OH excluding ortho intramolecular Hbond substituents is 1. The number of aromatic nitrogens is 1. The van der Waals surface area contributed by atoms with Crippen LogP contribution in [0.15, 0.2) is 24.3 Å². The summed E-state index contributed by atoms with van der Waals surface area (Å²) in [6, 6.07) is 7.27. The number of rotatable bonds is 3. The molecule has 5 nitrogen and oxygen atoms in total. The Morgan fingerprint density at radius 1 is 1.33 bits per heavy atom. The third kappa shape index (κ3) is 2.74. The van der Waals surface area contributed by atoms with Gasteiger partial charge in [0.15, 0.2) is 0 Å². The molecule has 5 heteroatoms. The molecule has 0 saturated carbocycles.